The molecule has 0 aliphatic rings. The fraction of sp³-hybridized carbons (Fsp3) is 0.667. The molecule has 0 saturated heterocycles. The van der Waals surface area contributed by atoms with Crippen molar-refractivity contribution in [3.05, 3.63) is 11.9 Å². The van der Waals surface area contributed by atoms with Crippen LogP contribution < -0.4 is 4.74 Å². The highest BCUT2D eigenvalue weighted by atomic mass is 16.7. The molecule has 1 N–H and O–H groups in total. The Kier molecular flexibility index (Phi) is 4.07. The molecule has 1 aromatic heterocycles. The van der Waals surface area contributed by atoms with Crippen molar-refractivity contribution in [1.29, 1.82) is 0 Å². The molecule has 0 spiro atoms. The number of rotatable bonds is 5. The van der Waals surface area contributed by atoms with Crippen LogP contribution in [-0.2, 0) is 16.5 Å². The van der Waals surface area contributed by atoms with Crippen LogP contribution in [0.5, 0.6) is 5.75 Å². The number of aromatic nitrogens is 2. The van der Waals surface area contributed by atoms with E-state index < -0.39 is 12.4 Å². The second-order valence-electron chi connectivity index (χ2n) is 3.01. The molecule has 1 aromatic rings. The fourth-order valence-corrected chi connectivity index (χ4v) is 1.40. The zero-order valence-corrected chi connectivity index (χ0v) is 9.30. The first kappa shape index (κ1) is 12.0. The minimum absolute atomic E-state index is 0.504. The number of hydrogen-bond donors (Lipinski definition) is 1. The third-order valence-electron chi connectivity index (χ3n) is 2.17. The summed E-state index contributed by atoms with van der Waals surface area (Å²) < 4.78 is 16.5. The molecule has 0 aliphatic carbocycles. The van der Waals surface area contributed by atoms with E-state index in [0.29, 0.717) is 11.4 Å². The molecule has 6 heteroatoms. The maximum atomic E-state index is 9.97. The van der Waals surface area contributed by atoms with Gasteiger partial charge in [-0.2, -0.15) is 5.10 Å². The molecule has 6 nitrogen and oxygen atoms in total. The van der Waals surface area contributed by atoms with Crippen LogP contribution in [-0.4, -0.2) is 42.5 Å². The number of ether oxygens (including phenoxy) is 3. The van der Waals surface area contributed by atoms with Gasteiger partial charge in [0.2, 0.25) is 0 Å². The van der Waals surface area contributed by atoms with Gasteiger partial charge in [0.1, 0.15) is 11.8 Å². The molecule has 1 atom stereocenters. The van der Waals surface area contributed by atoms with Crippen molar-refractivity contribution in [2.75, 3.05) is 21.3 Å². The number of aliphatic hydroxyl groups is 1. The van der Waals surface area contributed by atoms with Gasteiger partial charge in [0, 0.05) is 21.3 Å². The van der Waals surface area contributed by atoms with Gasteiger partial charge in [-0.3, -0.25) is 4.68 Å². The summed E-state index contributed by atoms with van der Waals surface area (Å²) in [6, 6.07) is 0. The van der Waals surface area contributed by atoms with Gasteiger partial charge in [-0.15, -0.1) is 0 Å². The Bertz CT molecular complexity index is 309. The standard InChI is InChI=1S/C9H16N2O4/c1-11-7(6(13-2)5-10-11)8(12)9(14-3)15-4/h5,8-9,12H,1-4H3. The largest absolute Gasteiger partial charge is 0.493 e. The smallest absolute Gasteiger partial charge is 0.188 e. The molecule has 0 aromatic carbocycles. The predicted molar refractivity (Wildman–Crippen MR) is 52.5 cm³/mol. The monoisotopic (exact) mass is 216 g/mol. The van der Waals surface area contributed by atoms with Gasteiger partial charge in [-0.1, -0.05) is 0 Å². The first-order chi connectivity index (χ1) is 7.15. The minimum Gasteiger partial charge on any atom is -0.493 e. The maximum absolute atomic E-state index is 9.97. The van der Waals surface area contributed by atoms with E-state index in [1.807, 2.05) is 0 Å². The lowest BCUT2D eigenvalue weighted by atomic mass is 10.2. The summed E-state index contributed by atoms with van der Waals surface area (Å²) in [5, 5.41) is 14.0. The van der Waals surface area contributed by atoms with E-state index in [-0.39, 0.29) is 0 Å². The van der Waals surface area contributed by atoms with Gasteiger partial charge in [-0.05, 0) is 0 Å². The van der Waals surface area contributed by atoms with E-state index in [1.165, 1.54) is 32.2 Å². The summed E-state index contributed by atoms with van der Waals surface area (Å²) in [4.78, 5) is 0. The first-order valence-corrected chi connectivity index (χ1v) is 4.45. The second kappa shape index (κ2) is 5.11. The van der Waals surface area contributed by atoms with Gasteiger partial charge in [0.15, 0.2) is 12.0 Å². The van der Waals surface area contributed by atoms with Crippen molar-refractivity contribution in [2.45, 2.75) is 12.4 Å². The number of hydrogen-bond acceptors (Lipinski definition) is 5. The van der Waals surface area contributed by atoms with Crippen molar-refractivity contribution in [3.63, 3.8) is 0 Å². The van der Waals surface area contributed by atoms with Crippen LogP contribution in [0.25, 0.3) is 0 Å². The molecule has 1 unspecified atom stereocenters. The second-order valence-corrected chi connectivity index (χ2v) is 3.01. The van der Waals surface area contributed by atoms with Gasteiger partial charge in [-0.25, -0.2) is 0 Å². The first-order valence-electron chi connectivity index (χ1n) is 4.45. The Morgan fingerprint density at radius 1 is 1.33 bits per heavy atom. The highest BCUT2D eigenvalue weighted by Gasteiger charge is 2.26. The maximum Gasteiger partial charge on any atom is 0.188 e. The summed E-state index contributed by atoms with van der Waals surface area (Å²) in [5.74, 6) is 0.504. The summed E-state index contributed by atoms with van der Waals surface area (Å²) in [5.41, 5.74) is 0.520. The molecule has 0 aliphatic heterocycles. The number of aliphatic hydroxyl groups excluding tert-OH is 1. The number of methoxy groups -OCH3 is 3. The van der Waals surface area contributed by atoms with Gasteiger partial charge < -0.3 is 19.3 Å². The Morgan fingerprint density at radius 3 is 2.40 bits per heavy atom. The zero-order chi connectivity index (χ0) is 11.4. The van der Waals surface area contributed by atoms with Crippen molar-refractivity contribution >= 4 is 0 Å². The Balaban J connectivity index is 2.97. The molecule has 0 bridgehead atoms. The van der Waals surface area contributed by atoms with E-state index in [9.17, 15) is 5.11 Å². The molecule has 0 amide bonds. The van der Waals surface area contributed by atoms with Crippen LogP contribution in [0.1, 0.15) is 11.8 Å². The van der Waals surface area contributed by atoms with Crippen LogP contribution in [0.4, 0.5) is 0 Å². The molecule has 1 rings (SSSR count). The Hall–Kier alpha value is -1.11. The van der Waals surface area contributed by atoms with Crippen molar-refractivity contribution < 1.29 is 19.3 Å². The van der Waals surface area contributed by atoms with Crippen LogP contribution in [0.3, 0.4) is 0 Å². The molecule has 15 heavy (non-hydrogen) atoms. The van der Waals surface area contributed by atoms with Crippen molar-refractivity contribution in [3.8, 4) is 5.75 Å². The van der Waals surface area contributed by atoms with Crippen molar-refractivity contribution in [1.82, 2.24) is 9.78 Å². The summed E-state index contributed by atoms with van der Waals surface area (Å²) in [6.07, 6.45) is -0.155. The van der Waals surface area contributed by atoms with Crippen molar-refractivity contribution in [2.24, 2.45) is 7.05 Å². The highest BCUT2D eigenvalue weighted by molar-refractivity contribution is 5.27. The van der Waals surface area contributed by atoms with Crippen LogP contribution >= 0.6 is 0 Å². The highest BCUT2D eigenvalue weighted by Crippen LogP contribution is 2.27. The lowest BCUT2D eigenvalue weighted by molar-refractivity contribution is -0.168. The average Bonchev–Trinajstić information content (AvgIpc) is 2.61. The number of nitrogens with zero attached hydrogens (tertiary/aromatic N) is 2. The van der Waals surface area contributed by atoms with Gasteiger partial charge >= 0.3 is 0 Å². The molecule has 0 saturated carbocycles. The summed E-state index contributed by atoms with van der Waals surface area (Å²) in [7, 11) is 6.14. The van der Waals surface area contributed by atoms with E-state index in [2.05, 4.69) is 5.10 Å². The molecule has 86 valence electrons. The summed E-state index contributed by atoms with van der Waals surface area (Å²) >= 11 is 0. The topological polar surface area (TPSA) is 65.7 Å². The third-order valence-corrected chi connectivity index (χ3v) is 2.17. The zero-order valence-electron chi connectivity index (χ0n) is 9.30. The Labute approximate surface area is 88.4 Å². The van der Waals surface area contributed by atoms with E-state index in [4.69, 9.17) is 14.2 Å². The lowest BCUT2D eigenvalue weighted by Crippen LogP contribution is -2.25. The van der Waals surface area contributed by atoms with Crippen LogP contribution in [0.15, 0.2) is 6.20 Å². The van der Waals surface area contributed by atoms with Gasteiger partial charge in [0.25, 0.3) is 0 Å². The SMILES string of the molecule is COc1cnn(C)c1C(O)C(OC)OC. The molecular weight excluding hydrogens is 200 g/mol. The minimum atomic E-state index is -0.942. The van der Waals surface area contributed by atoms with E-state index in [1.54, 1.807) is 7.05 Å². The van der Waals surface area contributed by atoms with E-state index >= 15 is 0 Å². The fourth-order valence-electron chi connectivity index (χ4n) is 1.40. The average molecular weight is 216 g/mol. The molecular formula is C9H16N2O4. The van der Waals surface area contributed by atoms with Gasteiger partial charge in [0.05, 0.1) is 13.3 Å². The van der Waals surface area contributed by atoms with E-state index in [0.717, 1.165) is 0 Å². The number of aryl methyl sites for hydroxylation is 1. The quantitative estimate of drug-likeness (QED) is 0.706. The van der Waals surface area contributed by atoms with Crippen LogP contribution in [0.2, 0.25) is 0 Å². The normalized spacial score (nSPS) is 13.2. The molecule has 0 fully saturated rings. The third kappa shape index (κ3) is 2.28. The molecule has 1 heterocycles. The predicted octanol–water partition coefficient (Wildman–Crippen LogP) is 0.0810. The molecule has 0 radical (unpaired) electrons. The Morgan fingerprint density at radius 2 is 1.93 bits per heavy atom. The summed E-state index contributed by atoms with van der Waals surface area (Å²) in [6.45, 7) is 0. The van der Waals surface area contributed by atoms with Crippen LogP contribution in [0, 0.1) is 0 Å². The lowest BCUT2D eigenvalue weighted by Gasteiger charge is -2.20.